The zero-order valence-electron chi connectivity index (χ0n) is 20.2. The molecule has 0 aliphatic rings. The van der Waals surface area contributed by atoms with Gasteiger partial charge in [0.25, 0.3) is 0 Å². The smallest absolute Gasteiger partial charge is 0.303 e. The molecule has 0 heterocycles. The number of benzene rings is 1. The van der Waals surface area contributed by atoms with Gasteiger partial charge in [0.1, 0.15) is 5.75 Å². The molecule has 182 valence electrons. The Balaban J connectivity index is 2.38. The van der Waals surface area contributed by atoms with E-state index in [4.69, 9.17) is 14.9 Å². The monoisotopic (exact) mass is 448 g/mol. The topological polar surface area (TPSA) is 83.8 Å². The van der Waals surface area contributed by atoms with Gasteiger partial charge in [0.2, 0.25) is 0 Å². The summed E-state index contributed by atoms with van der Waals surface area (Å²) in [5, 5.41) is 17.4. The lowest BCUT2D eigenvalue weighted by atomic mass is 9.96. The number of carboxylic acid groups (broad SMARTS) is 2. The third kappa shape index (κ3) is 14.9. The molecule has 32 heavy (non-hydrogen) atoms. The molecule has 5 heteroatoms. The molecule has 0 spiro atoms. The fourth-order valence-corrected chi connectivity index (χ4v) is 4.02. The van der Waals surface area contributed by atoms with Gasteiger partial charge in [-0.2, -0.15) is 0 Å². The molecule has 0 aliphatic carbocycles. The summed E-state index contributed by atoms with van der Waals surface area (Å²) in [5.41, 5.74) is 2.82. The Bertz CT molecular complexity index is 653. The SMILES string of the molecule is CC(C)Oc1ccc(CCCCCCCCC(=O)O)c(CCCCCCCCC(=O)O)c1. The van der Waals surface area contributed by atoms with Gasteiger partial charge in [0, 0.05) is 12.8 Å². The summed E-state index contributed by atoms with van der Waals surface area (Å²) in [6.07, 6.45) is 15.7. The largest absolute Gasteiger partial charge is 0.491 e. The van der Waals surface area contributed by atoms with Gasteiger partial charge >= 0.3 is 11.9 Å². The maximum absolute atomic E-state index is 10.6. The Kier molecular flexibility index (Phi) is 15.3. The van der Waals surface area contributed by atoms with Crippen LogP contribution in [0.25, 0.3) is 0 Å². The van der Waals surface area contributed by atoms with Crippen molar-refractivity contribution in [3.63, 3.8) is 0 Å². The second-order valence-corrected chi connectivity index (χ2v) is 9.13. The first-order valence-electron chi connectivity index (χ1n) is 12.6. The molecule has 0 atom stereocenters. The predicted molar refractivity (Wildman–Crippen MR) is 130 cm³/mol. The van der Waals surface area contributed by atoms with Crippen molar-refractivity contribution in [1.82, 2.24) is 0 Å². The second kappa shape index (κ2) is 17.5. The van der Waals surface area contributed by atoms with Gasteiger partial charge in [-0.1, -0.05) is 57.4 Å². The zero-order valence-corrected chi connectivity index (χ0v) is 20.2. The molecule has 0 bridgehead atoms. The van der Waals surface area contributed by atoms with E-state index in [0.29, 0.717) is 0 Å². The van der Waals surface area contributed by atoms with Gasteiger partial charge < -0.3 is 14.9 Å². The van der Waals surface area contributed by atoms with Gasteiger partial charge in [-0.25, -0.2) is 0 Å². The van der Waals surface area contributed by atoms with Gasteiger partial charge in [-0.3, -0.25) is 9.59 Å². The minimum atomic E-state index is -0.695. The first-order valence-corrected chi connectivity index (χ1v) is 12.6. The minimum absolute atomic E-state index is 0.167. The third-order valence-corrected chi connectivity index (χ3v) is 5.72. The van der Waals surface area contributed by atoms with Crippen molar-refractivity contribution in [1.29, 1.82) is 0 Å². The summed E-state index contributed by atoms with van der Waals surface area (Å²) in [4.78, 5) is 21.1. The van der Waals surface area contributed by atoms with E-state index in [1.165, 1.54) is 43.2 Å². The van der Waals surface area contributed by atoms with Gasteiger partial charge in [0.15, 0.2) is 0 Å². The van der Waals surface area contributed by atoms with Gasteiger partial charge in [0.05, 0.1) is 6.10 Å². The van der Waals surface area contributed by atoms with E-state index >= 15 is 0 Å². The number of carbonyl (C=O) groups is 2. The van der Waals surface area contributed by atoms with E-state index in [1.54, 1.807) is 0 Å². The van der Waals surface area contributed by atoms with Crippen molar-refractivity contribution in [2.24, 2.45) is 0 Å². The van der Waals surface area contributed by atoms with Crippen LogP contribution in [-0.4, -0.2) is 28.3 Å². The van der Waals surface area contributed by atoms with E-state index in [1.807, 2.05) is 0 Å². The summed E-state index contributed by atoms with van der Waals surface area (Å²) in [7, 11) is 0. The molecule has 0 radical (unpaired) electrons. The molecule has 0 aromatic heterocycles. The molecular weight excluding hydrogens is 404 g/mol. The number of aliphatic carboxylic acids is 2. The van der Waals surface area contributed by atoms with Gasteiger partial charge in [-0.15, -0.1) is 0 Å². The molecule has 1 aromatic rings. The Morgan fingerprint density at radius 3 is 1.59 bits per heavy atom. The van der Waals surface area contributed by atoms with Crippen LogP contribution in [0.5, 0.6) is 5.75 Å². The summed E-state index contributed by atoms with van der Waals surface area (Å²) >= 11 is 0. The van der Waals surface area contributed by atoms with E-state index in [-0.39, 0.29) is 18.9 Å². The Hall–Kier alpha value is -2.04. The predicted octanol–water partition coefficient (Wildman–Crippen LogP) is 7.19. The number of hydrogen-bond donors (Lipinski definition) is 2. The fraction of sp³-hybridized carbons (Fsp3) is 0.704. The fourth-order valence-electron chi connectivity index (χ4n) is 4.02. The van der Waals surface area contributed by atoms with Crippen LogP contribution in [0.2, 0.25) is 0 Å². The van der Waals surface area contributed by atoms with Crippen LogP contribution in [0.15, 0.2) is 18.2 Å². The van der Waals surface area contributed by atoms with Crippen molar-refractivity contribution in [2.45, 2.75) is 123 Å². The third-order valence-electron chi connectivity index (χ3n) is 5.72. The molecule has 1 rings (SSSR count). The molecule has 0 amide bonds. The summed E-state index contributed by atoms with van der Waals surface area (Å²) in [5.74, 6) is -0.439. The number of carboxylic acids is 2. The lowest BCUT2D eigenvalue weighted by molar-refractivity contribution is -0.138. The Labute approximate surface area is 194 Å². The van der Waals surface area contributed by atoms with Crippen LogP contribution in [0, 0.1) is 0 Å². The number of aryl methyl sites for hydroxylation is 2. The molecule has 1 aromatic carbocycles. The first kappa shape index (κ1) is 28.0. The quantitative estimate of drug-likeness (QED) is 0.206. The van der Waals surface area contributed by atoms with Crippen LogP contribution in [0.3, 0.4) is 0 Å². The van der Waals surface area contributed by atoms with E-state index in [9.17, 15) is 9.59 Å². The second-order valence-electron chi connectivity index (χ2n) is 9.13. The molecule has 0 fully saturated rings. The molecule has 0 aliphatic heterocycles. The molecule has 0 saturated carbocycles. The summed E-state index contributed by atoms with van der Waals surface area (Å²) < 4.78 is 5.91. The summed E-state index contributed by atoms with van der Waals surface area (Å²) in [6.45, 7) is 4.10. The first-order chi connectivity index (χ1) is 15.4. The average molecular weight is 449 g/mol. The maximum atomic E-state index is 10.6. The average Bonchev–Trinajstić information content (AvgIpc) is 2.72. The van der Waals surface area contributed by atoms with Crippen molar-refractivity contribution >= 4 is 11.9 Å². The minimum Gasteiger partial charge on any atom is -0.491 e. The molecule has 0 saturated heterocycles. The molecule has 5 nitrogen and oxygen atoms in total. The normalized spacial score (nSPS) is 11.1. The zero-order chi connectivity index (χ0) is 23.6. The van der Waals surface area contributed by atoms with E-state index in [2.05, 4.69) is 32.0 Å². The lowest BCUT2D eigenvalue weighted by Crippen LogP contribution is -2.06. The van der Waals surface area contributed by atoms with E-state index < -0.39 is 11.9 Å². The van der Waals surface area contributed by atoms with Gasteiger partial charge in [-0.05, 0) is 75.6 Å². The van der Waals surface area contributed by atoms with Crippen molar-refractivity contribution in [3.05, 3.63) is 29.3 Å². The number of unbranched alkanes of at least 4 members (excludes halogenated alkanes) is 10. The standard InChI is InChI=1S/C27H44O5/c1-22(2)32-25-20-19-23(15-11-7-3-5-9-13-17-26(28)29)24(21-25)16-12-8-4-6-10-14-18-27(30)31/h19-22H,3-18H2,1-2H3,(H,28,29)(H,30,31). The van der Waals surface area contributed by atoms with Crippen molar-refractivity contribution in [2.75, 3.05) is 0 Å². The molecule has 0 unspecified atom stereocenters. The maximum Gasteiger partial charge on any atom is 0.303 e. The number of hydrogen-bond acceptors (Lipinski definition) is 3. The number of ether oxygens (including phenoxy) is 1. The van der Waals surface area contributed by atoms with Crippen LogP contribution in [0.1, 0.15) is 115 Å². The summed E-state index contributed by atoms with van der Waals surface area (Å²) in [6, 6.07) is 6.53. The van der Waals surface area contributed by atoms with Crippen molar-refractivity contribution < 1.29 is 24.5 Å². The van der Waals surface area contributed by atoms with Crippen LogP contribution in [-0.2, 0) is 22.4 Å². The highest BCUT2D eigenvalue weighted by atomic mass is 16.5. The number of rotatable bonds is 20. The highest BCUT2D eigenvalue weighted by Gasteiger charge is 2.07. The Morgan fingerprint density at radius 2 is 1.12 bits per heavy atom. The van der Waals surface area contributed by atoms with E-state index in [0.717, 1.165) is 63.5 Å². The highest BCUT2D eigenvalue weighted by molar-refractivity contribution is 5.66. The highest BCUT2D eigenvalue weighted by Crippen LogP contribution is 2.23. The molecular formula is C27H44O5. The molecule has 2 N–H and O–H groups in total. The lowest BCUT2D eigenvalue weighted by Gasteiger charge is -2.15. The van der Waals surface area contributed by atoms with Crippen LogP contribution < -0.4 is 4.74 Å². The van der Waals surface area contributed by atoms with Crippen LogP contribution >= 0.6 is 0 Å². The Morgan fingerprint density at radius 1 is 0.688 bits per heavy atom. The van der Waals surface area contributed by atoms with Crippen molar-refractivity contribution in [3.8, 4) is 5.75 Å². The van der Waals surface area contributed by atoms with Crippen LogP contribution in [0.4, 0.5) is 0 Å².